The second-order valence-corrected chi connectivity index (χ2v) is 7.18. The molecule has 0 saturated carbocycles. The maximum Gasteiger partial charge on any atom is 0.240 e. The molecule has 6 nitrogen and oxygen atoms in total. The summed E-state index contributed by atoms with van der Waals surface area (Å²) in [5.74, 6) is 0.814. The third kappa shape index (κ3) is 3.07. The lowest BCUT2D eigenvalue weighted by atomic mass is 10.2. The van der Waals surface area contributed by atoms with Crippen molar-refractivity contribution in [1.82, 2.24) is 14.7 Å². The van der Waals surface area contributed by atoms with E-state index in [1.165, 1.54) is 0 Å². The largest absolute Gasteiger partial charge is 0.326 e. The summed E-state index contributed by atoms with van der Waals surface area (Å²) in [6.45, 7) is 4.98. The van der Waals surface area contributed by atoms with Gasteiger partial charge in [-0.05, 0) is 30.5 Å². The minimum absolute atomic E-state index is 0.287. The summed E-state index contributed by atoms with van der Waals surface area (Å²) in [7, 11) is -3.46. The van der Waals surface area contributed by atoms with E-state index in [0.717, 1.165) is 42.1 Å². The van der Waals surface area contributed by atoms with Crippen LogP contribution in [0, 0.1) is 0 Å². The first-order valence-electron chi connectivity index (χ1n) is 7.76. The van der Waals surface area contributed by atoms with Crippen LogP contribution in [0.3, 0.4) is 0 Å². The molecule has 0 unspecified atom stereocenters. The molecular weight excluding hydrogens is 312 g/mol. The fraction of sp³-hybridized carbons (Fsp3) is 0.375. The Morgan fingerprint density at radius 2 is 2.04 bits per heavy atom. The Labute approximate surface area is 136 Å². The lowest BCUT2D eigenvalue weighted by molar-refractivity contribution is 0.584. The Kier molecular flexibility index (Phi) is 4.32. The number of fused-ring (bicyclic) bond motifs is 1. The predicted molar refractivity (Wildman–Crippen MR) is 89.4 cm³/mol. The van der Waals surface area contributed by atoms with E-state index in [4.69, 9.17) is 0 Å². The fourth-order valence-corrected chi connectivity index (χ4v) is 3.82. The summed E-state index contributed by atoms with van der Waals surface area (Å²) >= 11 is 0. The Balaban J connectivity index is 2.01. The average Bonchev–Trinajstić information content (AvgIpc) is 2.98. The molecule has 2 heterocycles. The average molecular weight is 332 g/mol. The molecule has 0 spiro atoms. The molecule has 0 atom stereocenters. The van der Waals surface area contributed by atoms with Crippen LogP contribution in [0.15, 0.2) is 35.5 Å². The van der Waals surface area contributed by atoms with E-state index in [1.807, 2.05) is 19.1 Å². The molecule has 0 saturated heterocycles. The van der Waals surface area contributed by atoms with E-state index in [0.29, 0.717) is 6.54 Å². The molecule has 7 heteroatoms. The molecule has 2 aromatic rings. The highest BCUT2D eigenvalue weighted by molar-refractivity contribution is 7.89. The Hall–Kier alpha value is -1.99. The highest BCUT2D eigenvalue weighted by Crippen LogP contribution is 2.35. The van der Waals surface area contributed by atoms with Crippen molar-refractivity contribution in [3.05, 3.63) is 41.9 Å². The van der Waals surface area contributed by atoms with Crippen LogP contribution >= 0.6 is 0 Å². The Morgan fingerprint density at radius 1 is 1.22 bits per heavy atom. The number of nitrogens with one attached hydrogen (secondary N) is 1. The Morgan fingerprint density at radius 3 is 2.78 bits per heavy atom. The first kappa shape index (κ1) is 15.9. The number of nitrogens with zero attached hydrogens (tertiary/aromatic N) is 3. The highest BCUT2D eigenvalue weighted by Gasteiger charge is 2.24. The normalized spacial score (nSPS) is 14.1. The fourth-order valence-electron chi connectivity index (χ4n) is 2.76. The molecule has 0 aliphatic carbocycles. The first-order chi connectivity index (χ1) is 11.0. The van der Waals surface area contributed by atoms with Crippen molar-refractivity contribution >= 4 is 21.5 Å². The van der Waals surface area contributed by atoms with Gasteiger partial charge in [-0.2, -0.15) is 0 Å². The zero-order valence-electron chi connectivity index (χ0n) is 13.3. The van der Waals surface area contributed by atoms with Gasteiger partial charge in [-0.3, -0.25) is 0 Å². The minimum atomic E-state index is -3.46. The number of rotatable bonds is 5. The van der Waals surface area contributed by atoms with Crippen LogP contribution in [-0.4, -0.2) is 31.5 Å². The lowest BCUT2D eigenvalue weighted by Gasteiger charge is -2.19. The molecule has 1 aliphatic rings. The number of hydrogen-bond donors (Lipinski definition) is 1. The first-order valence-corrected chi connectivity index (χ1v) is 9.24. The molecule has 23 heavy (non-hydrogen) atoms. The summed E-state index contributed by atoms with van der Waals surface area (Å²) in [4.78, 5) is 10.9. The quantitative estimate of drug-likeness (QED) is 0.907. The van der Waals surface area contributed by atoms with E-state index in [2.05, 4.69) is 19.6 Å². The molecule has 0 bridgehead atoms. The molecule has 0 fully saturated rings. The van der Waals surface area contributed by atoms with Crippen LogP contribution in [0.1, 0.15) is 25.1 Å². The molecule has 122 valence electrons. The number of aromatic nitrogens is 2. The molecule has 3 rings (SSSR count). The molecule has 0 amide bonds. The molecule has 1 aromatic heterocycles. The monoisotopic (exact) mass is 332 g/mol. The zero-order chi connectivity index (χ0) is 16.4. The summed E-state index contributed by atoms with van der Waals surface area (Å²) < 4.78 is 27.0. The van der Waals surface area contributed by atoms with Crippen LogP contribution in [-0.2, 0) is 22.9 Å². The van der Waals surface area contributed by atoms with Crippen LogP contribution in [0.4, 0.5) is 11.5 Å². The van der Waals surface area contributed by atoms with Gasteiger partial charge < -0.3 is 4.90 Å². The van der Waals surface area contributed by atoms with Crippen molar-refractivity contribution in [2.75, 3.05) is 18.0 Å². The van der Waals surface area contributed by atoms with Gasteiger partial charge in [0.05, 0.1) is 4.90 Å². The van der Waals surface area contributed by atoms with Crippen molar-refractivity contribution in [3.63, 3.8) is 0 Å². The summed E-state index contributed by atoms with van der Waals surface area (Å²) in [5.41, 5.74) is 3.02. The van der Waals surface area contributed by atoms with Crippen molar-refractivity contribution in [2.24, 2.45) is 0 Å². The van der Waals surface area contributed by atoms with Crippen LogP contribution in [0.2, 0.25) is 0 Å². The number of hydrogen-bond acceptors (Lipinski definition) is 5. The van der Waals surface area contributed by atoms with Crippen molar-refractivity contribution < 1.29 is 8.42 Å². The molecule has 1 aliphatic heterocycles. The van der Waals surface area contributed by atoms with Gasteiger partial charge in [0.25, 0.3) is 0 Å². The van der Waals surface area contributed by atoms with Crippen molar-refractivity contribution in [2.45, 2.75) is 31.6 Å². The highest BCUT2D eigenvalue weighted by atomic mass is 32.2. The second kappa shape index (κ2) is 6.25. The van der Waals surface area contributed by atoms with Gasteiger partial charge in [-0.1, -0.05) is 19.9 Å². The zero-order valence-corrected chi connectivity index (χ0v) is 14.1. The van der Waals surface area contributed by atoms with Gasteiger partial charge in [0, 0.05) is 30.5 Å². The number of benzene rings is 1. The smallest absolute Gasteiger partial charge is 0.240 e. The van der Waals surface area contributed by atoms with Gasteiger partial charge in [0.2, 0.25) is 10.0 Å². The molecule has 1 aromatic carbocycles. The topological polar surface area (TPSA) is 75.2 Å². The number of sulfonamides is 1. The molecule has 0 radical (unpaired) electrons. The summed E-state index contributed by atoms with van der Waals surface area (Å²) in [5, 5.41) is 0. The van der Waals surface area contributed by atoms with E-state index >= 15 is 0 Å². The molecular formula is C16H20N4O2S. The van der Waals surface area contributed by atoms with Gasteiger partial charge in [0.15, 0.2) is 0 Å². The Bertz CT molecular complexity index is 821. The SMILES string of the molecule is CCNS(=O)(=O)c1ccc2c(c1)N(c1cc(CC)ncn1)CC2. The summed E-state index contributed by atoms with van der Waals surface area (Å²) in [6, 6.07) is 7.24. The van der Waals surface area contributed by atoms with Gasteiger partial charge >= 0.3 is 0 Å². The van der Waals surface area contributed by atoms with E-state index < -0.39 is 10.0 Å². The third-order valence-electron chi connectivity index (χ3n) is 3.95. The minimum Gasteiger partial charge on any atom is -0.326 e. The maximum atomic E-state index is 12.2. The lowest BCUT2D eigenvalue weighted by Crippen LogP contribution is -2.23. The predicted octanol–water partition coefficient (Wildman–Crippen LogP) is 2.03. The number of aryl methyl sites for hydroxylation is 1. The standard InChI is InChI=1S/C16H20N4O2S/c1-3-13-9-16(18-11-17-13)20-8-7-12-5-6-14(10-15(12)20)23(21,22)19-4-2/h5-6,9-11,19H,3-4,7-8H2,1-2H3. The molecule has 1 N–H and O–H groups in total. The van der Waals surface area contributed by atoms with Crippen molar-refractivity contribution in [3.8, 4) is 0 Å². The maximum absolute atomic E-state index is 12.2. The summed E-state index contributed by atoms with van der Waals surface area (Å²) in [6.07, 6.45) is 3.28. The van der Waals surface area contributed by atoms with Crippen LogP contribution < -0.4 is 9.62 Å². The van der Waals surface area contributed by atoms with Crippen molar-refractivity contribution in [1.29, 1.82) is 0 Å². The third-order valence-corrected chi connectivity index (χ3v) is 5.49. The van der Waals surface area contributed by atoms with E-state index in [-0.39, 0.29) is 4.90 Å². The van der Waals surface area contributed by atoms with Gasteiger partial charge in [-0.15, -0.1) is 0 Å². The van der Waals surface area contributed by atoms with Gasteiger partial charge in [-0.25, -0.2) is 23.1 Å². The van der Waals surface area contributed by atoms with Gasteiger partial charge in [0.1, 0.15) is 12.1 Å². The van der Waals surface area contributed by atoms with E-state index in [1.54, 1.807) is 25.4 Å². The van der Waals surface area contributed by atoms with Crippen LogP contribution in [0.25, 0.3) is 0 Å². The number of anilines is 2. The van der Waals surface area contributed by atoms with Crippen LogP contribution in [0.5, 0.6) is 0 Å². The van der Waals surface area contributed by atoms with E-state index in [9.17, 15) is 8.42 Å². The second-order valence-electron chi connectivity index (χ2n) is 5.41.